The van der Waals surface area contributed by atoms with Gasteiger partial charge in [0.1, 0.15) is 11.6 Å². The quantitative estimate of drug-likeness (QED) is 0.859. The summed E-state index contributed by atoms with van der Waals surface area (Å²) in [7, 11) is 1.61. The first kappa shape index (κ1) is 15.5. The number of halogens is 1. The Bertz CT molecular complexity index is 584. The number of nitrogens with one attached hydrogen (secondary N) is 1. The Morgan fingerprint density at radius 2 is 1.90 bits per heavy atom. The predicted octanol–water partition coefficient (Wildman–Crippen LogP) is 2.97. The lowest BCUT2D eigenvalue weighted by Gasteiger charge is -2.13. The van der Waals surface area contributed by atoms with Gasteiger partial charge in [-0.05, 0) is 47.9 Å². The molecule has 0 aromatic heterocycles. The molecule has 2 rings (SSSR count). The third kappa shape index (κ3) is 4.28. The van der Waals surface area contributed by atoms with Gasteiger partial charge in [-0.1, -0.05) is 18.2 Å². The Morgan fingerprint density at radius 3 is 2.52 bits per heavy atom. The van der Waals surface area contributed by atoms with Gasteiger partial charge in [-0.3, -0.25) is 0 Å². The highest BCUT2D eigenvalue weighted by atomic mass is 19.1. The Kier molecular flexibility index (Phi) is 5.31. The molecule has 112 valence electrons. The summed E-state index contributed by atoms with van der Waals surface area (Å²) in [4.78, 5) is 0. The molecular formula is C17H20FNO2. The topological polar surface area (TPSA) is 41.5 Å². The van der Waals surface area contributed by atoms with Gasteiger partial charge in [0.05, 0.1) is 13.2 Å². The second-order valence-corrected chi connectivity index (χ2v) is 4.99. The van der Waals surface area contributed by atoms with Crippen LogP contribution in [0.3, 0.4) is 0 Å². The molecule has 1 unspecified atom stereocenters. The van der Waals surface area contributed by atoms with E-state index in [-0.39, 0.29) is 5.82 Å². The fourth-order valence-electron chi connectivity index (χ4n) is 2.15. The summed E-state index contributed by atoms with van der Waals surface area (Å²) in [5.74, 6) is 0.537. The van der Waals surface area contributed by atoms with Crippen LogP contribution < -0.4 is 10.1 Å². The number of ether oxygens (including phenoxy) is 1. The molecule has 0 amide bonds. The van der Waals surface area contributed by atoms with Crippen LogP contribution in [0.25, 0.3) is 0 Å². The van der Waals surface area contributed by atoms with Gasteiger partial charge in [0, 0.05) is 13.1 Å². The van der Waals surface area contributed by atoms with Crippen LogP contribution in [0.5, 0.6) is 5.75 Å². The largest absolute Gasteiger partial charge is 0.497 e. The second-order valence-electron chi connectivity index (χ2n) is 4.99. The number of aliphatic hydroxyl groups excluding tert-OH is 1. The minimum Gasteiger partial charge on any atom is -0.497 e. The molecule has 1 atom stereocenters. The van der Waals surface area contributed by atoms with Crippen molar-refractivity contribution < 1.29 is 14.2 Å². The van der Waals surface area contributed by atoms with Gasteiger partial charge in [-0.25, -0.2) is 4.39 Å². The first-order valence-corrected chi connectivity index (χ1v) is 6.88. The lowest BCUT2D eigenvalue weighted by Crippen LogP contribution is -2.21. The van der Waals surface area contributed by atoms with Crippen LogP contribution in [0.4, 0.5) is 4.39 Å². The summed E-state index contributed by atoms with van der Waals surface area (Å²) in [6.45, 7) is 2.91. The van der Waals surface area contributed by atoms with Gasteiger partial charge in [0.25, 0.3) is 0 Å². The van der Waals surface area contributed by atoms with Crippen molar-refractivity contribution in [3.8, 4) is 5.75 Å². The van der Waals surface area contributed by atoms with Crippen molar-refractivity contribution in [3.63, 3.8) is 0 Å². The smallest absolute Gasteiger partial charge is 0.123 e. The third-order valence-corrected chi connectivity index (χ3v) is 3.46. The van der Waals surface area contributed by atoms with Gasteiger partial charge in [-0.15, -0.1) is 0 Å². The van der Waals surface area contributed by atoms with E-state index in [9.17, 15) is 9.50 Å². The predicted molar refractivity (Wildman–Crippen MR) is 80.8 cm³/mol. The Labute approximate surface area is 124 Å². The number of aryl methyl sites for hydroxylation is 1. The van der Waals surface area contributed by atoms with E-state index in [0.717, 1.165) is 22.4 Å². The van der Waals surface area contributed by atoms with Crippen LogP contribution in [-0.2, 0) is 6.54 Å². The van der Waals surface area contributed by atoms with Crippen molar-refractivity contribution in [2.75, 3.05) is 13.7 Å². The zero-order valence-corrected chi connectivity index (χ0v) is 12.3. The number of methoxy groups -OCH3 is 1. The van der Waals surface area contributed by atoms with E-state index >= 15 is 0 Å². The Hall–Kier alpha value is -1.91. The molecule has 2 N–H and O–H groups in total. The van der Waals surface area contributed by atoms with Gasteiger partial charge in [0.15, 0.2) is 0 Å². The molecule has 2 aromatic rings. The summed E-state index contributed by atoms with van der Waals surface area (Å²) in [6.07, 6.45) is -0.586. The third-order valence-electron chi connectivity index (χ3n) is 3.46. The number of aliphatic hydroxyl groups is 1. The number of benzene rings is 2. The maximum atomic E-state index is 13.0. The maximum absolute atomic E-state index is 13.0. The van der Waals surface area contributed by atoms with Crippen LogP contribution in [0.15, 0.2) is 42.5 Å². The standard InChI is InChI=1S/C17H20FNO2/c1-12-9-15(18)6-3-14(12)10-19-11-17(20)13-4-7-16(21-2)8-5-13/h3-9,17,19-20H,10-11H2,1-2H3. The van der Waals surface area contributed by atoms with E-state index in [2.05, 4.69) is 5.32 Å². The van der Waals surface area contributed by atoms with E-state index in [1.165, 1.54) is 12.1 Å². The summed E-state index contributed by atoms with van der Waals surface area (Å²) < 4.78 is 18.1. The average Bonchev–Trinajstić information content (AvgIpc) is 2.49. The molecule has 21 heavy (non-hydrogen) atoms. The molecule has 0 aliphatic rings. The highest BCUT2D eigenvalue weighted by Gasteiger charge is 2.07. The van der Waals surface area contributed by atoms with Crippen LogP contribution in [0.2, 0.25) is 0 Å². The van der Waals surface area contributed by atoms with Crippen molar-refractivity contribution in [1.82, 2.24) is 5.32 Å². The minimum absolute atomic E-state index is 0.227. The number of hydrogen-bond acceptors (Lipinski definition) is 3. The van der Waals surface area contributed by atoms with Gasteiger partial charge >= 0.3 is 0 Å². The lowest BCUT2D eigenvalue weighted by atomic mass is 10.1. The van der Waals surface area contributed by atoms with Crippen molar-refractivity contribution in [2.24, 2.45) is 0 Å². The summed E-state index contributed by atoms with van der Waals surface area (Å²) in [5, 5.41) is 13.3. The zero-order valence-electron chi connectivity index (χ0n) is 12.3. The van der Waals surface area contributed by atoms with Crippen LogP contribution in [0.1, 0.15) is 22.8 Å². The fourth-order valence-corrected chi connectivity index (χ4v) is 2.15. The number of rotatable bonds is 6. The fraction of sp³-hybridized carbons (Fsp3) is 0.294. The summed E-state index contributed by atoms with van der Waals surface area (Å²) >= 11 is 0. The Morgan fingerprint density at radius 1 is 1.19 bits per heavy atom. The Balaban J connectivity index is 1.87. The molecule has 0 aliphatic heterocycles. The molecule has 0 saturated carbocycles. The monoisotopic (exact) mass is 289 g/mol. The molecule has 0 spiro atoms. The normalized spacial score (nSPS) is 12.2. The molecule has 0 bridgehead atoms. The molecule has 3 nitrogen and oxygen atoms in total. The number of hydrogen-bond donors (Lipinski definition) is 2. The van der Waals surface area contributed by atoms with Crippen LogP contribution in [0, 0.1) is 12.7 Å². The van der Waals surface area contributed by atoms with Gasteiger partial charge in [-0.2, -0.15) is 0 Å². The molecular weight excluding hydrogens is 269 g/mol. The molecule has 0 heterocycles. The maximum Gasteiger partial charge on any atom is 0.123 e. The van der Waals surface area contributed by atoms with E-state index in [0.29, 0.717) is 13.1 Å². The first-order valence-electron chi connectivity index (χ1n) is 6.88. The van der Waals surface area contributed by atoms with E-state index < -0.39 is 6.10 Å². The van der Waals surface area contributed by atoms with Crippen molar-refractivity contribution in [3.05, 3.63) is 65.0 Å². The van der Waals surface area contributed by atoms with Crippen molar-refractivity contribution in [2.45, 2.75) is 19.6 Å². The molecule has 4 heteroatoms. The molecule has 0 saturated heterocycles. The highest BCUT2D eigenvalue weighted by Crippen LogP contribution is 2.17. The second kappa shape index (κ2) is 7.20. The van der Waals surface area contributed by atoms with Crippen LogP contribution >= 0.6 is 0 Å². The molecule has 0 aliphatic carbocycles. The summed E-state index contributed by atoms with van der Waals surface area (Å²) in [5.41, 5.74) is 2.76. The SMILES string of the molecule is COc1ccc(C(O)CNCc2ccc(F)cc2C)cc1. The van der Waals surface area contributed by atoms with E-state index in [1.807, 2.05) is 31.2 Å². The molecule has 2 aromatic carbocycles. The first-order chi connectivity index (χ1) is 10.1. The molecule has 0 radical (unpaired) electrons. The van der Waals surface area contributed by atoms with Gasteiger partial charge in [0.2, 0.25) is 0 Å². The van der Waals surface area contributed by atoms with Crippen molar-refractivity contribution in [1.29, 1.82) is 0 Å². The zero-order chi connectivity index (χ0) is 15.2. The van der Waals surface area contributed by atoms with Gasteiger partial charge < -0.3 is 15.2 Å². The van der Waals surface area contributed by atoms with E-state index in [1.54, 1.807) is 13.2 Å². The molecule has 0 fully saturated rings. The average molecular weight is 289 g/mol. The highest BCUT2D eigenvalue weighted by molar-refractivity contribution is 5.29. The summed E-state index contributed by atoms with van der Waals surface area (Å²) in [6, 6.07) is 12.0. The van der Waals surface area contributed by atoms with Crippen molar-refractivity contribution >= 4 is 0 Å². The minimum atomic E-state index is -0.586. The van der Waals surface area contributed by atoms with E-state index in [4.69, 9.17) is 4.74 Å². The lowest BCUT2D eigenvalue weighted by molar-refractivity contribution is 0.174. The van der Waals surface area contributed by atoms with Crippen LogP contribution in [-0.4, -0.2) is 18.8 Å².